The van der Waals surface area contributed by atoms with Crippen LogP contribution in [-0.2, 0) is 0 Å². The highest BCUT2D eigenvalue weighted by Crippen LogP contribution is 2.52. The largest absolute Gasteiger partial charge is 0.455 e. The van der Waals surface area contributed by atoms with E-state index in [2.05, 4.69) is 282 Å². The van der Waals surface area contributed by atoms with Gasteiger partial charge < -0.3 is 19.0 Å². The summed E-state index contributed by atoms with van der Waals surface area (Å²) in [6.45, 7) is -0.262. The molecular formula is C66H44BN3O. The molecule has 0 N–H and O–H groups in total. The Morgan fingerprint density at radius 1 is 0.352 bits per heavy atom. The van der Waals surface area contributed by atoms with Crippen LogP contribution in [0.25, 0.3) is 66.4 Å². The maximum atomic E-state index is 7.15. The fraction of sp³-hybridized carbons (Fsp3) is 0. The Labute approximate surface area is 413 Å². The number of fused-ring (bicyclic) bond motifs is 8. The molecule has 12 aromatic rings. The Bertz CT molecular complexity index is 3910. The molecule has 11 aromatic carbocycles. The first kappa shape index (κ1) is 40.7. The average Bonchev–Trinajstić information content (AvgIpc) is 3.82. The van der Waals surface area contributed by atoms with Crippen LogP contribution < -0.4 is 25.5 Å². The first-order valence-corrected chi connectivity index (χ1v) is 24.4. The summed E-state index contributed by atoms with van der Waals surface area (Å²) in [4.78, 5) is 7.50. The van der Waals surface area contributed by atoms with Crippen LogP contribution in [0.4, 0.5) is 45.5 Å². The highest BCUT2D eigenvalue weighted by molar-refractivity contribution is 6.94. The molecule has 2 aliphatic rings. The number of hydrogen-bond acceptors (Lipinski definition) is 4. The number of furan rings is 1. The first-order valence-electron chi connectivity index (χ1n) is 24.4. The van der Waals surface area contributed by atoms with Gasteiger partial charge in [0.15, 0.2) is 0 Å². The molecule has 1 aromatic heterocycles. The zero-order chi connectivity index (χ0) is 46.8. The summed E-state index contributed by atoms with van der Waals surface area (Å²) in [7, 11) is 0. The van der Waals surface area contributed by atoms with Gasteiger partial charge in [0.25, 0.3) is 0 Å². The molecule has 4 nitrogen and oxygen atoms in total. The summed E-state index contributed by atoms with van der Waals surface area (Å²) in [5.41, 5.74) is 22.1. The maximum absolute atomic E-state index is 7.15. The monoisotopic (exact) mass is 905 g/mol. The highest BCUT2D eigenvalue weighted by atomic mass is 16.3. The molecule has 71 heavy (non-hydrogen) atoms. The second kappa shape index (κ2) is 16.7. The topological polar surface area (TPSA) is 22.9 Å². The Morgan fingerprint density at radius 2 is 0.887 bits per heavy atom. The third-order valence-electron chi connectivity index (χ3n) is 14.4. The van der Waals surface area contributed by atoms with Gasteiger partial charge in [-0.25, -0.2) is 0 Å². The van der Waals surface area contributed by atoms with Crippen LogP contribution in [0.3, 0.4) is 0 Å². The summed E-state index contributed by atoms with van der Waals surface area (Å²) >= 11 is 0. The molecule has 0 saturated heterocycles. The fourth-order valence-electron chi connectivity index (χ4n) is 11.2. The number of benzene rings is 11. The molecular weight excluding hydrogens is 862 g/mol. The van der Waals surface area contributed by atoms with Crippen molar-refractivity contribution in [2.75, 3.05) is 14.6 Å². The lowest BCUT2D eigenvalue weighted by Crippen LogP contribution is -2.61. The predicted octanol–water partition coefficient (Wildman–Crippen LogP) is 16.8. The third-order valence-corrected chi connectivity index (χ3v) is 14.4. The van der Waals surface area contributed by atoms with E-state index < -0.39 is 0 Å². The second-order valence-electron chi connectivity index (χ2n) is 18.4. The standard InChI is InChI=1S/C66H44BN3O/c1-6-20-45(21-7-1)48-26-18-32-53(40-48)69-61-42-50(47-24-10-3-11-25-47)36-39-59(61)67-65-62(69)44-58-56-34-16-17-35-63(56)71-66(58)64(65)57-38-37-54(68(51-28-12-4-13-29-51)52-30-14-5-15-31-52)43-60(57)70(67)55-33-19-27-49(41-55)46-22-8-2-9-23-46/h1-44H. The van der Waals surface area contributed by atoms with Crippen molar-refractivity contribution in [3.05, 3.63) is 267 Å². The zero-order valence-electron chi connectivity index (χ0n) is 38.7. The van der Waals surface area contributed by atoms with Crippen LogP contribution in [0.2, 0.25) is 0 Å². The minimum atomic E-state index is -0.262. The van der Waals surface area contributed by atoms with Crippen LogP contribution in [0.1, 0.15) is 0 Å². The molecule has 0 atom stereocenters. The molecule has 3 heterocycles. The molecule has 14 rings (SSSR count). The van der Waals surface area contributed by atoms with Gasteiger partial charge in [-0.3, -0.25) is 0 Å². The van der Waals surface area contributed by atoms with Gasteiger partial charge in [-0.2, -0.15) is 0 Å². The molecule has 0 bridgehead atoms. The molecule has 0 aliphatic carbocycles. The molecule has 0 amide bonds. The number of para-hydroxylation sites is 3. The lowest BCUT2D eigenvalue weighted by atomic mass is 9.43. The molecule has 0 spiro atoms. The first-order chi connectivity index (χ1) is 35.2. The van der Waals surface area contributed by atoms with Crippen molar-refractivity contribution in [2.45, 2.75) is 0 Å². The maximum Gasteiger partial charge on any atom is 0.333 e. The minimum Gasteiger partial charge on any atom is -0.455 e. The summed E-state index contributed by atoms with van der Waals surface area (Å²) in [6, 6.07) is 96.8. The lowest BCUT2D eigenvalue weighted by molar-refractivity contribution is 0.670. The van der Waals surface area contributed by atoms with Crippen LogP contribution in [0, 0.1) is 0 Å². The van der Waals surface area contributed by atoms with Crippen LogP contribution in [0.5, 0.6) is 0 Å². The average molecular weight is 906 g/mol. The van der Waals surface area contributed by atoms with Gasteiger partial charge in [-0.15, -0.1) is 0 Å². The molecule has 0 saturated carbocycles. The Kier molecular flexibility index (Phi) is 9.59. The van der Waals surface area contributed by atoms with Gasteiger partial charge in [-0.05, 0) is 123 Å². The van der Waals surface area contributed by atoms with Gasteiger partial charge in [-0.1, -0.05) is 188 Å². The quantitative estimate of drug-likeness (QED) is 0.142. The van der Waals surface area contributed by atoms with Crippen LogP contribution in [-0.4, -0.2) is 6.85 Å². The van der Waals surface area contributed by atoms with Crippen molar-refractivity contribution < 1.29 is 4.42 Å². The van der Waals surface area contributed by atoms with E-state index in [0.29, 0.717) is 0 Å². The normalized spacial score (nSPS) is 12.4. The molecule has 0 unspecified atom stereocenters. The van der Waals surface area contributed by atoms with Crippen LogP contribution >= 0.6 is 0 Å². The summed E-state index contributed by atoms with van der Waals surface area (Å²) < 4.78 is 7.15. The van der Waals surface area contributed by atoms with Crippen molar-refractivity contribution in [3.63, 3.8) is 0 Å². The van der Waals surface area contributed by atoms with Crippen molar-refractivity contribution in [2.24, 2.45) is 0 Å². The number of hydrogen-bond donors (Lipinski definition) is 0. The summed E-state index contributed by atoms with van der Waals surface area (Å²) in [6.07, 6.45) is 0. The molecule has 2 aliphatic heterocycles. The van der Waals surface area contributed by atoms with Gasteiger partial charge in [0, 0.05) is 67.4 Å². The summed E-state index contributed by atoms with van der Waals surface area (Å²) in [5, 5.41) is 2.18. The number of anilines is 8. The van der Waals surface area contributed by atoms with E-state index in [1.165, 1.54) is 27.6 Å². The molecule has 5 heteroatoms. The molecule has 0 radical (unpaired) electrons. The highest BCUT2D eigenvalue weighted by Gasteiger charge is 2.47. The van der Waals surface area contributed by atoms with Gasteiger partial charge in [0.05, 0.1) is 0 Å². The Morgan fingerprint density at radius 3 is 1.52 bits per heavy atom. The number of rotatable bonds is 8. The van der Waals surface area contributed by atoms with Crippen molar-refractivity contribution in [3.8, 4) is 44.5 Å². The third kappa shape index (κ3) is 6.77. The molecule has 332 valence electrons. The smallest absolute Gasteiger partial charge is 0.333 e. The van der Waals surface area contributed by atoms with Crippen LogP contribution in [0.15, 0.2) is 271 Å². The lowest BCUT2D eigenvalue weighted by Gasteiger charge is -2.46. The van der Waals surface area contributed by atoms with E-state index in [1.54, 1.807) is 0 Å². The predicted molar refractivity (Wildman–Crippen MR) is 298 cm³/mol. The fourth-order valence-corrected chi connectivity index (χ4v) is 11.2. The van der Waals surface area contributed by atoms with E-state index in [0.717, 1.165) is 95.3 Å². The second-order valence-corrected chi connectivity index (χ2v) is 18.4. The van der Waals surface area contributed by atoms with E-state index in [-0.39, 0.29) is 6.85 Å². The van der Waals surface area contributed by atoms with Crippen molar-refractivity contribution >= 4 is 85.2 Å². The van der Waals surface area contributed by atoms with E-state index in [4.69, 9.17) is 4.42 Å². The van der Waals surface area contributed by atoms with Crippen molar-refractivity contribution in [1.29, 1.82) is 0 Å². The van der Waals surface area contributed by atoms with Gasteiger partial charge in [0.1, 0.15) is 11.2 Å². The summed E-state index contributed by atoms with van der Waals surface area (Å²) in [5.74, 6) is 0. The molecule has 0 fully saturated rings. The SMILES string of the molecule is c1ccc(-c2cccc(N3B4c5ccc(-c6ccccc6)cc5N(c5cccc(-c6ccccc6)c5)c5cc6c(oc7ccccc76)c(c54)-c4ccc(N(c5ccccc5)c5ccccc5)cc43)c2)cc1. The Hall–Kier alpha value is -9.32. The van der Waals surface area contributed by atoms with E-state index in [1.807, 2.05) is 0 Å². The van der Waals surface area contributed by atoms with E-state index in [9.17, 15) is 0 Å². The van der Waals surface area contributed by atoms with Gasteiger partial charge >= 0.3 is 6.85 Å². The minimum absolute atomic E-state index is 0.262. The van der Waals surface area contributed by atoms with Gasteiger partial charge in [0.2, 0.25) is 0 Å². The van der Waals surface area contributed by atoms with E-state index >= 15 is 0 Å². The Balaban J connectivity index is 1.11. The van der Waals surface area contributed by atoms with Crippen molar-refractivity contribution in [1.82, 2.24) is 0 Å². The zero-order valence-corrected chi connectivity index (χ0v) is 38.7. The number of nitrogens with zero attached hydrogens (tertiary/aromatic N) is 3.